The molecule has 110 valence electrons. The zero-order chi connectivity index (χ0) is 14.8. The van der Waals surface area contributed by atoms with Crippen LogP contribution in [-0.4, -0.2) is 17.7 Å². The van der Waals surface area contributed by atoms with Crippen LogP contribution in [0.4, 0.5) is 0 Å². The molecule has 1 aromatic heterocycles. The minimum Gasteiger partial charge on any atom is -0.341 e. The van der Waals surface area contributed by atoms with Gasteiger partial charge in [-0.2, -0.15) is 0 Å². The van der Waals surface area contributed by atoms with Crippen LogP contribution in [0.25, 0.3) is 21.8 Å². The van der Waals surface area contributed by atoms with Gasteiger partial charge in [0.15, 0.2) is 0 Å². The zero-order valence-electron chi connectivity index (χ0n) is 12.8. The molecule has 1 heterocycles. The Bertz CT molecular complexity index is 758. The first-order valence-electron chi connectivity index (χ1n) is 7.74. The van der Waals surface area contributed by atoms with Gasteiger partial charge in [0, 0.05) is 40.9 Å². The van der Waals surface area contributed by atoms with Crippen LogP contribution in [-0.2, 0) is 6.54 Å². The minimum absolute atomic E-state index is 0.225. The summed E-state index contributed by atoms with van der Waals surface area (Å²) in [6, 6.07) is 15.6. The molecular formula is C18H23N3. The first-order chi connectivity index (χ1) is 10.3. The highest BCUT2D eigenvalue weighted by molar-refractivity contribution is 6.08. The Morgan fingerprint density at radius 3 is 2.52 bits per heavy atom. The number of likely N-dealkylation sites (N-methyl/N-ethyl adjacent to an activating group) is 1. The minimum atomic E-state index is 0.225. The number of nitrogens with zero attached hydrogens (tertiary/aromatic N) is 1. The van der Waals surface area contributed by atoms with Crippen molar-refractivity contribution in [2.24, 2.45) is 5.73 Å². The molecule has 0 spiro atoms. The zero-order valence-corrected chi connectivity index (χ0v) is 12.8. The lowest BCUT2D eigenvalue weighted by molar-refractivity contribution is 0.562. The van der Waals surface area contributed by atoms with Gasteiger partial charge < -0.3 is 15.6 Å². The SMILES string of the molecule is CCNC(CN)c1ccc2c(c1)c1ccccc1n2CC. The molecule has 3 nitrogen and oxygen atoms in total. The second-order valence-corrected chi connectivity index (χ2v) is 5.38. The summed E-state index contributed by atoms with van der Waals surface area (Å²) in [6.07, 6.45) is 0. The normalized spacial score (nSPS) is 13.1. The maximum atomic E-state index is 5.91. The van der Waals surface area contributed by atoms with Gasteiger partial charge in [-0.15, -0.1) is 0 Å². The van der Waals surface area contributed by atoms with Crippen LogP contribution in [0.15, 0.2) is 42.5 Å². The van der Waals surface area contributed by atoms with Gasteiger partial charge in [-0.1, -0.05) is 31.2 Å². The van der Waals surface area contributed by atoms with E-state index in [1.165, 1.54) is 27.4 Å². The van der Waals surface area contributed by atoms with E-state index in [4.69, 9.17) is 5.73 Å². The van der Waals surface area contributed by atoms with Crippen molar-refractivity contribution < 1.29 is 0 Å². The van der Waals surface area contributed by atoms with Gasteiger partial charge in [0.05, 0.1) is 0 Å². The number of hydrogen-bond acceptors (Lipinski definition) is 2. The average Bonchev–Trinajstić information content (AvgIpc) is 2.85. The van der Waals surface area contributed by atoms with Crippen LogP contribution in [0.1, 0.15) is 25.5 Å². The molecule has 0 amide bonds. The number of aryl methyl sites for hydroxylation is 1. The van der Waals surface area contributed by atoms with Crippen molar-refractivity contribution in [3.8, 4) is 0 Å². The molecule has 0 fully saturated rings. The van der Waals surface area contributed by atoms with Crippen LogP contribution in [0.5, 0.6) is 0 Å². The van der Waals surface area contributed by atoms with Gasteiger partial charge in [0.1, 0.15) is 0 Å². The molecule has 0 saturated heterocycles. The molecule has 0 bridgehead atoms. The fourth-order valence-corrected chi connectivity index (χ4v) is 3.21. The number of fused-ring (bicyclic) bond motifs is 3. The van der Waals surface area contributed by atoms with Gasteiger partial charge in [-0.25, -0.2) is 0 Å². The van der Waals surface area contributed by atoms with Crippen molar-refractivity contribution in [3.05, 3.63) is 48.0 Å². The summed E-state index contributed by atoms with van der Waals surface area (Å²) < 4.78 is 2.37. The lowest BCUT2D eigenvalue weighted by atomic mass is 10.0. The molecule has 1 unspecified atom stereocenters. The summed E-state index contributed by atoms with van der Waals surface area (Å²) in [6.45, 7) is 6.84. The van der Waals surface area contributed by atoms with E-state index < -0.39 is 0 Å². The average molecular weight is 281 g/mol. The molecule has 1 atom stereocenters. The monoisotopic (exact) mass is 281 g/mol. The Balaban J connectivity index is 2.23. The van der Waals surface area contributed by atoms with E-state index in [9.17, 15) is 0 Å². The van der Waals surface area contributed by atoms with Gasteiger partial charge in [-0.05, 0) is 37.2 Å². The third-order valence-corrected chi connectivity index (χ3v) is 4.20. The smallest absolute Gasteiger partial charge is 0.0491 e. The molecule has 2 aromatic carbocycles. The largest absolute Gasteiger partial charge is 0.341 e. The third-order valence-electron chi connectivity index (χ3n) is 4.20. The molecule has 0 aliphatic rings. The number of nitrogens with one attached hydrogen (secondary N) is 1. The summed E-state index contributed by atoms with van der Waals surface area (Å²) in [7, 11) is 0. The standard InChI is InChI=1S/C18H23N3/c1-3-20-16(12-19)13-9-10-18-15(11-13)14-7-5-6-8-17(14)21(18)4-2/h5-11,16,20H,3-4,12,19H2,1-2H3. The third kappa shape index (κ3) is 2.33. The van der Waals surface area contributed by atoms with E-state index in [0.29, 0.717) is 6.54 Å². The predicted octanol–water partition coefficient (Wildman–Crippen LogP) is 3.42. The van der Waals surface area contributed by atoms with E-state index in [0.717, 1.165) is 13.1 Å². The van der Waals surface area contributed by atoms with E-state index in [-0.39, 0.29) is 6.04 Å². The molecule has 3 heteroatoms. The second-order valence-electron chi connectivity index (χ2n) is 5.38. The first-order valence-corrected chi connectivity index (χ1v) is 7.74. The first kappa shape index (κ1) is 14.1. The van der Waals surface area contributed by atoms with Crippen LogP contribution in [0.2, 0.25) is 0 Å². The van der Waals surface area contributed by atoms with Gasteiger partial charge in [0.2, 0.25) is 0 Å². The van der Waals surface area contributed by atoms with Crippen molar-refractivity contribution in [1.82, 2.24) is 9.88 Å². The Morgan fingerprint density at radius 1 is 1.05 bits per heavy atom. The molecule has 3 rings (SSSR count). The molecule has 0 aliphatic carbocycles. The lowest BCUT2D eigenvalue weighted by Gasteiger charge is -2.16. The number of rotatable bonds is 5. The van der Waals surface area contributed by atoms with Crippen molar-refractivity contribution in [2.45, 2.75) is 26.4 Å². The van der Waals surface area contributed by atoms with Crippen LogP contribution in [0.3, 0.4) is 0 Å². The number of para-hydroxylation sites is 1. The molecule has 3 N–H and O–H groups in total. The molecule has 0 saturated carbocycles. The number of hydrogen-bond donors (Lipinski definition) is 2. The van der Waals surface area contributed by atoms with E-state index >= 15 is 0 Å². The highest BCUT2D eigenvalue weighted by atomic mass is 15.0. The molecular weight excluding hydrogens is 258 g/mol. The summed E-state index contributed by atoms with van der Waals surface area (Å²) in [4.78, 5) is 0. The van der Waals surface area contributed by atoms with Crippen molar-refractivity contribution >= 4 is 21.8 Å². The highest BCUT2D eigenvalue weighted by Gasteiger charge is 2.13. The number of aromatic nitrogens is 1. The quantitative estimate of drug-likeness (QED) is 0.752. The second kappa shape index (κ2) is 5.88. The molecule has 3 aromatic rings. The summed E-state index contributed by atoms with van der Waals surface area (Å²) in [5.74, 6) is 0. The Kier molecular flexibility index (Phi) is 3.95. The summed E-state index contributed by atoms with van der Waals surface area (Å²) in [5, 5.41) is 6.09. The van der Waals surface area contributed by atoms with Crippen LogP contribution >= 0.6 is 0 Å². The molecule has 0 radical (unpaired) electrons. The summed E-state index contributed by atoms with van der Waals surface area (Å²) in [5.41, 5.74) is 9.79. The van der Waals surface area contributed by atoms with Crippen molar-refractivity contribution in [1.29, 1.82) is 0 Å². The van der Waals surface area contributed by atoms with Crippen LogP contribution in [0, 0.1) is 0 Å². The summed E-state index contributed by atoms with van der Waals surface area (Å²) >= 11 is 0. The Hall–Kier alpha value is -1.84. The fourth-order valence-electron chi connectivity index (χ4n) is 3.21. The predicted molar refractivity (Wildman–Crippen MR) is 90.6 cm³/mol. The number of benzene rings is 2. The van der Waals surface area contributed by atoms with E-state index in [1.54, 1.807) is 0 Å². The lowest BCUT2D eigenvalue weighted by Crippen LogP contribution is -2.27. The fraction of sp³-hybridized carbons (Fsp3) is 0.333. The van der Waals surface area contributed by atoms with Crippen LogP contribution < -0.4 is 11.1 Å². The Morgan fingerprint density at radius 2 is 1.81 bits per heavy atom. The maximum Gasteiger partial charge on any atom is 0.0491 e. The van der Waals surface area contributed by atoms with Gasteiger partial charge in [-0.3, -0.25) is 0 Å². The number of nitrogens with two attached hydrogens (primary N) is 1. The van der Waals surface area contributed by atoms with Crippen molar-refractivity contribution in [3.63, 3.8) is 0 Å². The van der Waals surface area contributed by atoms with E-state index in [2.05, 4.69) is 66.2 Å². The topological polar surface area (TPSA) is 43.0 Å². The highest BCUT2D eigenvalue weighted by Crippen LogP contribution is 2.30. The maximum absolute atomic E-state index is 5.91. The van der Waals surface area contributed by atoms with Gasteiger partial charge >= 0.3 is 0 Å². The molecule has 21 heavy (non-hydrogen) atoms. The molecule has 0 aliphatic heterocycles. The van der Waals surface area contributed by atoms with Gasteiger partial charge in [0.25, 0.3) is 0 Å². The Labute approximate surface area is 125 Å². The van der Waals surface area contributed by atoms with Crippen molar-refractivity contribution in [2.75, 3.05) is 13.1 Å². The van der Waals surface area contributed by atoms with E-state index in [1.807, 2.05) is 0 Å².